The fourth-order valence-electron chi connectivity index (χ4n) is 2.34. The number of primary amides is 1. The molecule has 0 aliphatic carbocycles. The number of carbonyl (C=O) groups is 2. The molecule has 0 aromatic heterocycles. The summed E-state index contributed by atoms with van der Waals surface area (Å²) in [5.74, 6) is -0.108. The molecule has 1 saturated heterocycles. The molecule has 3 amide bonds. The number of methoxy groups -OCH3 is 1. The maximum Gasteiger partial charge on any atom is 0.319 e. The Hall–Kier alpha value is -2.28. The highest BCUT2D eigenvalue weighted by Gasteiger charge is 2.15. The Bertz CT molecular complexity index is 542. The molecule has 7 heteroatoms. The van der Waals surface area contributed by atoms with E-state index in [0.29, 0.717) is 23.5 Å². The van der Waals surface area contributed by atoms with Gasteiger partial charge in [0, 0.05) is 18.7 Å². The molecule has 4 N–H and O–H groups in total. The van der Waals surface area contributed by atoms with Crippen LogP contribution in [0.3, 0.4) is 0 Å². The van der Waals surface area contributed by atoms with Crippen molar-refractivity contribution in [3.63, 3.8) is 0 Å². The SMILES string of the molecule is COc1ccc(C(N)=O)cc1NC(=O)NCC[C@H]1CCCO1. The van der Waals surface area contributed by atoms with Gasteiger partial charge in [0.25, 0.3) is 0 Å². The number of nitrogens with one attached hydrogen (secondary N) is 2. The zero-order valence-corrected chi connectivity index (χ0v) is 12.6. The van der Waals surface area contributed by atoms with Crippen LogP contribution in [0.15, 0.2) is 18.2 Å². The first-order chi connectivity index (χ1) is 10.6. The van der Waals surface area contributed by atoms with Crippen LogP contribution in [0.25, 0.3) is 0 Å². The average molecular weight is 307 g/mol. The zero-order valence-electron chi connectivity index (χ0n) is 12.6. The summed E-state index contributed by atoms with van der Waals surface area (Å²) in [6.45, 7) is 1.32. The van der Waals surface area contributed by atoms with E-state index in [1.165, 1.54) is 13.2 Å². The number of hydrogen-bond donors (Lipinski definition) is 3. The predicted octanol–water partition coefficient (Wildman–Crippen LogP) is 1.48. The summed E-state index contributed by atoms with van der Waals surface area (Å²) in [5.41, 5.74) is 5.93. The van der Waals surface area contributed by atoms with E-state index in [0.717, 1.165) is 25.9 Å². The maximum atomic E-state index is 11.9. The van der Waals surface area contributed by atoms with Gasteiger partial charge < -0.3 is 25.8 Å². The molecule has 1 atom stereocenters. The highest BCUT2D eigenvalue weighted by atomic mass is 16.5. The van der Waals surface area contributed by atoms with Gasteiger partial charge in [-0.2, -0.15) is 0 Å². The van der Waals surface area contributed by atoms with Gasteiger partial charge in [-0.1, -0.05) is 0 Å². The molecule has 0 saturated carbocycles. The fraction of sp³-hybridized carbons (Fsp3) is 0.467. The normalized spacial score (nSPS) is 17.0. The molecule has 0 radical (unpaired) electrons. The molecule has 1 fully saturated rings. The molecule has 0 bridgehead atoms. The summed E-state index contributed by atoms with van der Waals surface area (Å²) in [4.78, 5) is 23.1. The number of ether oxygens (including phenoxy) is 2. The van der Waals surface area contributed by atoms with Crippen LogP contribution in [0, 0.1) is 0 Å². The number of carbonyl (C=O) groups excluding carboxylic acids is 2. The first-order valence-corrected chi connectivity index (χ1v) is 7.24. The average Bonchev–Trinajstić information content (AvgIpc) is 3.00. The van der Waals surface area contributed by atoms with Gasteiger partial charge in [-0.05, 0) is 37.5 Å². The van der Waals surface area contributed by atoms with E-state index >= 15 is 0 Å². The lowest BCUT2D eigenvalue weighted by Gasteiger charge is -2.13. The van der Waals surface area contributed by atoms with Gasteiger partial charge in [-0.15, -0.1) is 0 Å². The van der Waals surface area contributed by atoms with E-state index in [1.807, 2.05) is 0 Å². The molecule has 2 rings (SSSR count). The van der Waals surface area contributed by atoms with Gasteiger partial charge in [-0.25, -0.2) is 4.79 Å². The van der Waals surface area contributed by atoms with Crippen LogP contribution in [-0.4, -0.2) is 38.3 Å². The second-order valence-electron chi connectivity index (χ2n) is 5.08. The number of urea groups is 1. The molecule has 1 aromatic carbocycles. The minimum Gasteiger partial charge on any atom is -0.495 e. The maximum absolute atomic E-state index is 11.9. The smallest absolute Gasteiger partial charge is 0.319 e. The van der Waals surface area contributed by atoms with Crippen molar-refractivity contribution in [2.45, 2.75) is 25.4 Å². The molecule has 1 aliphatic heterocycles. The number of amides is 3. The Morgan fingerprint density at radius 2 is 2.27 bits per heavy atom. The third-order valence-electron chi connectivity index (χ3n) is 3.51. The summed E-state index contributed by atoms with van der Waals surface area (Å²) in [7, 11) is 1.49. The lowest BCUT2D eigenvalue weighted by molar-refractivity contribution is 0.1000. The van der Waals surface area contributed by atoms with Crippen molar-refractivity contribution in [2.75, 3.05) is 25.6 Å². The minimum atomic E-state index is -0.565. The number of benzene rings is 1. The molecule has 0 spiro atoms. The van der Waals surface area contributed by atoms with Gasteiger partial charge in [-0.3, -0.25) is 4.79 Å². The summed E-state index contributed by atoms with van der Waals surface area (Å²) < 4.78 is 10.6. The van der Waals surface area contributed by atoms with Crippen LogP contribution in [0.2, 0.25) is 0 Å². The minimum absolute atomic E-state index is 0.230. The molecule has 1 aliphatic rings. The molecular weight excluding hydrogens is 286 g/mol. The van der Waals surface area contributed by atoms with Crippen LogP contribution in [0.4, 0.5) is 10.5 Å². The fourth-order valence-corrected chi connectivity index (χ4v) is 2.34. The largest absolute Gasteiger partial charge is 0.495 e. The van der Waals surface area contributed by atoms with Crippen LogP contribution >= 0.6 is 0 Å². The van der Waals surface area contributed by atoms with Gasteiger partial charge in [0.2, 0.25) is 5.91 Å². The van der Waals surface area contributed by atoms with Crippen molar-refractivity contribution < 1.29 is 19.1 Å². The Balaban J connectivity index is 1.89. The van der Waals surface area contributed by atoms with Crippen molar-refractivity contribution in [3.05, 3.63) is 23.8 Å². The van der Waals surface area contributed by atoms with Crippen LogP contribution in [-0.2, 0) is 4.74 Å². The molecule has 22 heavy (non-hydrogen) atoms. The zero-order chi connectivity index (χ0) is 15.9. The highest BCUT2D eigenvalue weighted by Crippen LogP contribution is 2.25. The Morgan fingerprint density at radius 3 is 2.91 bits per heavy atom. The molecule has 1 aromatic rings. The molecular formula is C15H21N3O4. The Kier molecular flexibility index (Phi) is 5.60. The summed E-state index contributed by atoms with van der Waals surface area (Å²) >= 11 is 0. The van der Waals surface area contributed by atoms with Gasteiger partial charge in [0.1, 0.15) is 5.75 Å². The monoisotopic (exact) mass is 307 g/mol. The second-order valence-corrected chi connectivity index (χ2v) is 5.08. The van der Waals surface area contributed by atoms with E-state index < -0.39 is 5.91 Å². The number of nitrogens with two attached hydrogens (primary N) is 1. The van der Waals surface area contributed by atoms with E-state index in [2.05, 4.69) is 10.6 Å². The Morgan fingerprint density at radius 1 is 1.45 bits per heavy atom. The van der Waals surface area contributed by atoms with Crippen molar-refractivity contribution in [3.8, 4) is 5.75 Å². The van der Waals surface area contributed by atoms with Crippen LogP contribution in [0.5, 0.6) is 5.75 Å². The van der Waals surface area contributed by atoms with Crippen LogP contribution in [0.1, 0.15) is 29.6 Å². The molecule has 1 heterocycles. The third kappa shape index (κ3) is 4.36. The van der Waals surface area contributed by atoms with Crippen LogP contribution < -0.4 is 21.1 Å². The number of hydrogen-bond acceptors (Lipinski definition) is 4. The van der Waals surface area contributed by atoms with Gasteiger partial charge in [0.05, 0.1) is 18.9 Å². The molecule has 7 nitrogen and oxygen atoms in total. The van der Waals surface area contributed by atoms with Gasteiger partial charge >= 0.3 is 6.03 Å². The van der Waals surface area contributed by atoms with Crippen molar-refractivity contribution in [1.29, 1.82) is 0 Å². The second kappa shape index (κ2) is 7.65. The molecule has 0 unspecified atom stereocenters. The summed E-state index contributed by atoms with van der Waals surface area (Å²) in [6.07, 6.45) is 3.13. The summed E-state index contributed by atoms with van der Waals surface area (Å²) in [6, 6.07) is 4.25. The highest BCUT2D eigenvalue weighted by molar-refractivity contribution is 5.97. The molecule has 120 valence electrons. The lowest BCUT2D eigenvalue weighted by atomic mass is 10.1. The number of rotatable bonds is 6. The van der Waals surface area contributed by atoms with Crippen molar-refractivity contribution in [1.82, 2.24) is 5.32 Å². The summed E-state index contributed by atoms with van der Waals surface area (Å²) in [5, 5.41) is 5.41. The van der Waals surface area contributed by atoms with Crippen molar-refractivity contribution in [2.24, 2.45) is 5.73 Å². The van der Waals surface area contributed by atoms with E-state index in [4.69, 9.17) is 15.2 Å². The topological polar surface area (TPSA) is 103 Å². The quantitative estimate of drug-likeness (QED) is 0.740. The van der Waals surface area contributed by atoms with Crippen molar-refractivity contribution >= 4 is 17.6 Å². The first-order valence-electron chi connectivity index (χ1n) is 7.24. The standard InChI is InChI=1S/C15H21N3O4/c1-21-13-5-4-10(14(16)19)9-12(13)18-15(20)17-7-6-11-3-2-8-22-11/h4-5,9,11H,2-3,6-8H2,1H3,(H2,16,19)(H2,17,18,20)/t11-/m1/s1. The lowest BCUT2D eigenvalue weighted by Crippen LogP contribution is -2.31. The van der Waals surface area contributed by atoms with E-state index in [1.54, 1.807) is 12.1 Å². The van der Waals surface area contributed by atoms with Gasteiger partial charge in [0.15, 0.2) is 0 Å². The number of anilines is 1. The predicted molar refractivity (Wildman–Crippen MR) is 82.1 cm³/mol. The van der Waals surface area contributed by atoms with E-state index in [9.17, 15) is 9.59 Å². The first kappa shape index (κ1) is 16.1. The third-order valence-corrected chi connectivity index (χ3v) is 3.51. The van der Waals surface area contributed by atoms with E-state index in [-0.39, 0.29) is 12.1 Å². The Labute approximate surface area is 129 Å².